The van der Waals surface area contributed by atoms with Gasteiger partial charge in [0, 0.05) is 38.3 Å². The number of likely N-dealkylation sites (N-methyl/N-ethyl adjacent to an activating group) is 1. The van der Waals surface area contributed by atoms with Crippen molar-refractivity contribution in [3.05, 3.63) is 28.8 Å². The monoisotopic (exact) mass is 307 g/mol. The molecule has 2 aliphatic rings. The van der Waals surface area contributed by atoms with Crippen molar-refractivity contribution in [2.75, 3.05) is 31.6 Å². The van der Waals surface area contributed by atoms with Crippen molar-refractivity contribution in [2.45, 2.75) is 44.8 Å². The molecular formula is C17H26ClN3. The number of hydrogen-bond donors (Lipinski definition) is 1. The molecule has 0 spiro atoms. The molecule has 1 unspecified atom stereocenters. The topological polar surface area (TPSA) is 18.5 Å². The first-order chi connectivity index (χ1) is 10.2. The Bertz CT molecular complexity index is 487. The molecule has 1 aliphatic heterocycles. The summed E-state index contributed by atoms with van der Waals surface area (Å²) in [5.74, 6) is 0. The lowest BCUT2D eigenvalue weighted by molar-refractivity contribution is 0.213. The van der Waals surface area contributed by atoms with Crippen molar-refractivity contribution in [3.63, 3.8) is 0 Å². The standard InChI is InChI=1S/C17H26ClN3/c1-3-15-12-21(10-9-20(15)2)17-13(5-4-6-16(17)18)11-19-14-7-8-14/h4-6,14-15,19H,3,7-12H2,1-2H3. The molecule has 21 heavy (non-hydrogen) atoms. The fraction of sp³-hybridized carbons (Fsp3) is 0.647. The molecule has 4 heteroatoms. The molecule has 1 heterocycles. The minimum atomic E-state index is 0.624. The SMILES string of the molecule is CCC1CN(c2c(Cl)cccc2CNC2CC2)CCN1C. The van der Waals surface area contributed by atoms with E-state index in [2.05, 4.69) is 41.2 Å². The van der Waals surface area contributed by atoms with Crippen LogP contribution in [-0.4, -0.2) is 43.7 Å². The average molecular weight is 308 g/mol. The average Bonchev–Trinajstić information content (AvgIpc) is 3.30. The van der Waals surface area contributed by atoms with Gasteiger partial charge >= 0.3 is 0 Å². The van der Waals surface area contributed by atoms with E-state index in [1.165, 1.54) is 30.5 Å². The van der Waals surface area contributed by atoms with Gasteiger partial charge in [0.25, 0.3) is 0 Å². The lowest BCUT2D eigenvalue weighted by Gasteiger charge is -2.41. The summed E-state index contributed by atoms with van der Waals surface area (Å²) in [4.78, 5) is 4.95. The van der Waals surface area contributed by atoms with E-state index in [0.717, 1.165) is 37.2 Å². The molecule has 116 valence electrons. The van der Waals surface area contributed by atoms with Crippen LogP contribution >= 0.6 is 11.6 Å². The second-order valence-electron chi connectivity index (χ2n) is 6.39. The Balaban J connectivity index is 1.78. The highest BCUT2D eigenvalue weighted by Gasteiger charge is 2.26. The highest BCUT2D eigenvalue weighted by atomic mass is 35.5. The van der Waals surface area contributed by atoms with Crippen molar-refractivity contribution < 1.29 is 0 Å². The van der Waals surface area contributed by atoms with Crippen LogP contribution in [0, 0.1) is 0 Å². The summed E-state index contributed by atoms with van der Waals surface area (Å²) < 4.78 is 0. The van der Waals surface area contributed by atoms with E-state index in [1.807, 2.05) is 6.07 Å². The highest BCUT2D eigenvalue weighted by molar-refractivity contribution is 6.33. The predicted octanol–water partition coefficient (Wildman–Crippen LogP) is 3.12. The molecule has 1 aliphatic carbocycles. The zero-order chi connectivity index (χ0) is 14.8. The van der Waals surface area contributed by atoms with E-state index >= 15 is 0 Å². The molecule has 1 saturated carbocycles. The number of piperazine rings is 1. The number of benzene rings is 1. The Hall–Kier alpha value is -0.770. The molecule has 0 amide bonds. The molecular weight excluding hydrogens is 282 g/mol. The predicted molar refractivity (Wildman–Crippen MR) is 90.2 cm³/mol. The Morgan fingerprint density at radius 3 is 2.81 bits per heavy atom. The second kappa shape index (κ2) is 6.55. The third-order valence-corrected chi connectivity index (χ3v) is 5.10. The first kappa shape index (κ1) is 15.1. The molecule has 0 aromatic heterocycles. The lowest BCUT2D eigenvalue weighted by Crippen LogP contribution is -2.51. The van der Waals surface area contributed by atoms with Gasteiger partial charge in [-0.15, -0.1) is 0 Å². The molecule has 2 fully saturated rings. The molecule has 3 nitrogen and oxygen atoms in total. The Kier molecular flexibility index (Phi) is 4.72. The number of nitrogens with zero attached hydrogens (tertiary/aromatic N) is 2. The summed E-state index contributed by atoms with van der Waals surface area (Å²) in [6, 6.07) is 7.67. The number of para-hydroxylation sites is 1. The molecule has 1 N–H and O–H groups in total. The Morgan fingerprint density at radius 1 is 1.29 bits per heavy atom. The molecule has 0 radical (unpaired) electrons. The zero-order valence-electron chi connectivity index (χ0n) is 13.1. The van der Waals surface area contributed by atoms with Crippen molar-refractivity contribution in [3.8, 4) is 0 Å². The molecule has 3 rings (SSSR count). The van der Waals surface area contributed by atoms with Crippen LogP contribution in [0.1, 0.15) is 31.7 Å². The van der Waals surface area contributed by atoms with E-state index in [-0.39, 0.29) is 0 Å². The van der Waals surface area contributed by atoms with Crippen LogP contribution in [0.25, 0.3) is 0 Å². The summed E-state index contributed by atoms with van der Waals surface area (Å²) >= 11 is 6.54. The zero-order valence-corrected chi connectivity index (χ0v) is 13.9. The summed E-state index contributed by atoms with van der Waals surface area (Å²) in [5, 5.41) is 4.51. The van der Waals surface area contributed by atoms with Gasteiger partial charge < -0.3 is 10.2 Å². The maximum absolute atomic E-state index is 6.54. The fourth-order valence-corrected chi connectivity index (χ4v) is 3.50. The molecule has 1 atom stereocenters. The van der Waals surface area contributed by atoms with Crippen molar-refractivity contribution in [2.24, 2.45) is 0 Å². The van der Waals surface area contributed by atoms with Gasteiger partial charge in [-0.05, 0) is 37.9 Å². The Labute approximate surface area is 133 Å². The van der Waals surface area contributed by atoms with Gasteiger partial charge in [-0.1, -0.05) is 30.7 Å². The first-order valence-corrected chi connectivity index (χ1v) is 8.52. The van der Waals surface area contributed by atoms with E-state index in [4.69, 9.17) is 11.6 Å². The van der Waals surface area contributed by atoms with Gasteiger partial charge in [0.1, 0.15) is 0 Å². The normalized spacial score (nSPS) is 23.6. The number of nitrogens with one attached hydrogen (secondary N) is 1. The molecule has 1 aromatic carbocycles. The number of anilines is 1. The third-order valence-electron chi connectivity index (χ3n) is 4.79. The molecule has 1 saturated heterocycles. The van der Waals surface area contributed by atoms with Crippen LogP contribution in [0.5, 0.6) is 0 Å². The number of rotatable bonds is 5. The second-order valence-corrected chi connectivity index (χ2v) is 6.80. The quantitative estimate of drug-likeness (QED) is 0.901. The minimum absolute atomic E-state index is 0.624. The minimum Gasteiger partial charge on any atom is -0.367 e. The summed E-state index contributed by atoms with van der Waals surface area (Å²) in [5.41, 5.74) is 2.59. The third kappa shape index (κ3) is 3.53. The number of hydrogen-bond acceptors (Lipinski definition) is 3. The van der Waals surface area contributed by atoms with Crippen LogP contribution in [0.2, 0.25) is 5.02 Å². The van der Waals surface area contributed by atoms with Crippen molar-refractivity contribution >= 4 is 17.3 Å². The molecule has 1 aromatic rings. The number of halogens is 1. The largest absolute Gasteiger partial charge is 0.367 e. The summed E-state index contributed by atoms with van der Waals surface area (Å²) in [6.07, 6.45) is 3.83. The van der Waals surface area contributed by atoms with Gasteiger partial charge in [-0.25, -0.2) is 0 Å². The Morgan fingerprint density at radius 2 is 2.10 bits per heavy atom. The fourth-order valence-electron chi connectivity index (χ4n) is 3.19. The first-order valence-electron chi connectivity index (χ1n) is 8.15. The van der Waals surface area contributed by atoms with Gasteiger partial charge in [0.15, 0.2) is 0 Å². The maximum Gasteiger partial charge on any atom is 0.0642 e. The van der Waals surface area contributed by atoms with Crippen molar-refractivity contribution in [1.29, 1.82) is 0 Å². The summed E-state index contributed by atoms with van der Waals surface area (Å²) in [7, 11) is 2.23. The van der Waals surface area contributed by atoms with E-state index in [1.54, 1.807) is 0 Å². The maximum atomic E-state index is 6.54. The smallest absolute Gasteiger partial charge is 0.0642 e. The van der Waals surface area contributed by atoms with Crippen LogP contribution in [0.4, 0.5) is 5.69 Å². The van der Waals surface area contributed by atoms with Crippen molar-refractivity contribution in [1.82, 2.24) is 10.2 Å². The highest BCUT2D eigenvalue weighted by Crippen LogP contribution is 2.32. The lowest BCUT2D eigenvalue weighted by atomic mass is 10.1. The van der Waals surface area contributed by atoms with Crippen LogP contribution in [0.15, 0.2) is 18.2 Å². The van der Waals surface area contributed by atoms with Crippen LogP contribution in [-0.2, 0) is 6.54 Å². The van der Waals surface area contributed by atoms with E-state index in [0.29, 0.717) is 6.04 Å². The van der Waals surface area contributed by atoms with Gasteiger partial charge in [0.2, 0.25) is 0 Å². The van der Waals surface area contributed by atoms with Gasteiger partial charge in [-0.2, -0.15) is 0 Å². The van der Waals surface area contributed by atoms with Crippen LogP contribution in [0.3, 0.4) is 0 Å². The molecule has 0 bridgehead atoms. The van der Waals surface area contributed by atoms with E-state index in [9.17, 15) is 0 Å². The van der Waals surface area contributed by atoms with Gasteiger partial charge in [0.05, 0.1) is 10.7 Å². The van der Waals surface area contributed by atoms with Crippen LogP contribution < -0.4 is 10.2 Å². The summed E-state index contributed by atoms with van der Waals surface area (Å²) in [6.45, 7) is 6.45. The van der Waals surface area contributed by atoms with E-state index < -0.39 is 0 Å². The van der Waals surface area contributed by atoms with Gasteiger partial charge in [-0.3, -0.25) is 4.90 Å².